The van der Waals surface area contributed by atoms with Gasteiger partial charge in [-0.1, -0.05) is 0 Å². The van der Waals surface area contributed by atoms with Crippen LogP contribution in [0.15, 0.2) is 29.2 Å². The molecule has 0 bridgehead atoms. The zero-order chi connectivity index (χ0) is 10.7. The molecule has 68 valence electrons. The molecule has 0 amide bonds. The lowest BCUT2D eigenvalue weighted by atomic mass is 10.0. The lowest BCUT2D eigenvalue weighted by Crippen LogP contribution is -2.06. The Labute approximate surface area is 76.1 Å². The van der Waals surface area contributed by atoms with Gasteiger partial charge in [-0.3, -0.25) is 15.5 Å². The van der Waals surface area contributed by atoms with Crippen molar-refractivity contribution in [2.45, 2.75) is 6.40 Å². The molecule has 0 aromatic heterocycles. The number of hydrogen-bond donors (Lipinski definition) is 1. The molecule has 0 aliphatic heterocycles. The molecule has 0 fully saturated rings. The first kappa shape index (κ1) is 7.76. The molecule has 0 radical (unpaired) electrons. The molecule has 1 atom stereocenters. The Balaban J connectivity index is 3.19. The highest BCUT2D eigenvalue weighted by Gasteiger charge is 2.20. The van der Waals surface area contributed by atoms with E-state index in [1.165, 1.54) is 19.3 Å². The van der Waals surface area contributed by atoms with Crippen LogP contribution < -0.4 is 0 Å². The van der Waals surface area contributed by atoms with Crippen molar-refractivity contribution in [1.82, 2.24) is 0 Å². The lowest BCUT2D eigenvalue weighted by Gasteiger charge is -2.09. The molecule has 1 aliphatic carbocycles. The van der Waals surface area contributed by atoms with E-state index in [-0.39, 0.29) is 17.0 Å². The first-order valence-corrected chi connectivity index (χ1v) is 3.44. The van der Waals surface area contributed by atoms with Crippen molar-refractivity contribution in [3.8, 4) is 0 Å². The number of hydrogen-bond acceptors (Lipinski definition) is 4. The number of rotatable bonds is 2. The Morgan fingerprint density at radius 2 is 2.54 bits per heavy atom. The fraction of sp³-hybridized carbons (Fsp3) is 0.250. The van der Waals surface area contributed by atoms with Crippen LogP contribution in [0.1, 0.15) is 7.77 Å². The van der Waals surface area contributed by atoms with Gasteiger partial charge < -0.3 is 4.74 Å². The minimum Gasteiger partial charge on any atom is -0.496 e. The predicted octanol–water partition coefficient (Wildman–Crippen LogP) is 1.26. The third-order valence-electron chi connectivity index (χ3n) is 1.53. The molecule has 13 heavy (non-hydrogen) atoms. The first-order chi connectivity index (χ1) is 6.61. The number of ether oxygens (including phenoxy) is 1. The van der Waals surface area contributed by atoms with Crippen molar-refractivity contribution in [2.75, 3.05) is 7.11 Å². The van der Waals surface area contributed by atoms with Gasteiger partial charge in [-0.15, -0.1) is 0 Å². The highest BCUT2D eigenvalue weighted by atomic mass is 16.6. The van der Waals surface area contributed by atoms with E-state index in [0.29, 0.717) is 0 Å². The van der Waals surface area contributed by atoms with Crippen LogP contribution >= 0.6 is 0 Å². The Morgan fingerprint density at radius 3 is 3.00 bits per heavy atom. The van der Waals surface area contributed by atoms with Gasteiger partial charge >= 0.3 is 0 Å². The molecule has 0 saturated heterocycles. The predicted molar refractivity (Wildman–Crippen MR) is 46.0 cm³/mol. The average Bonchev–Trinajstić information content (AvgIpc) is 2.16. The maximum absolute atomic E-state index is 10.5. The van der Waals surface area contributed by atoms with Gasteiger partial charge in [-0.05, 0) is 11.9 Å². The number of methoxy groups -OCH3 is 1. The average molecular weight is 181 g/mol. The molecule has 5 heteroatoms. The van der Waals surface area contributed by atoms with Crippen LogP contribution in [0, 0.1) is 15.5 Å². The van der Waals surface area contributed by atoms with Crippen LogP contribution in [-0.2, 0) is 4.74 Å². The van der Waals surface area contributed by atoms with Gasteiger partial charge in [0.1, 0.15) is 5.76 Å². The zero-order valence-corrected chi connectivity index (χ0v) is 6.90. The highest BCUT2D eigenvalue weighted by molar-refractivity contribution is 5.63. The summed E-state index contributed by atoms with van der Waals surface area (Å²) in [5, 5.41) is 17.4. The number of nitrogens with one attached hydrogen (secondary N) is 1. The Morgan fingerprint density at radius 1 is 1.85 bits per heavy atom. The second-order valence-electron chi connectivity index (χ2n) is 2.27. The summed E-state index contributed by atoms with van der Waals surface area (Å²) in [4.78, 5) is 9.83. The molecule has 1 rings (SSSR count). The zero-order valence-electron chi connectivity index (χ0n) is 7.90. The molecule has 0 spiro atoms. The van der Waals surface area contributed by atoms with Crippen LogP contribution in [-0.4, -0.2) is 17.9 Å². The van der Waals surface area contributed by atoms with Crippen LogP contribution in [0.3, 0.4) is 0 Å². The number of allylic oxidation sites excluding steroid dienone is 4. The molecule has 1 aliphatic rings. The highest BCUT2D eigenvalue weighted by Crippen LogP contribution is 2.22. The van der Waals surface area contributed by atoms with Gasteiger partial charge in [0.2, 0.25) is 0 Å². The SMILES string of the molecule is [2H]C1C(=C=N)C(OC)=CC=C1[N+](=O)[O-]. The topological polar surface area (TPSA) is 76.2 Å². The van der Waals surface area contributed by atoms with Crippen LogP contribution in [0.2, 0.25) is 0 Å². The van der Waals surface area contributed by atoms with Crippen LogP contribution in [0.5, 0.6) is 0 Å². The van der Waals surface area contributed by atoms with Crippen molar-refractivity contribution in [2.24, 2.45) is 0 Å². The van der Waals surface area contributed by atoms with Crippen LogP contribution in [0.25, 0.3) is 0 Å². The molecule has 5 nitrogen and oxygen atoms in total. The fourth-order valence-electron chi connectivity index (χ4n) is 0.907. The van der Waals surface area contributed by atoms with E-state index in [9.17, 15) is 10.1 Å². The van der Waals surface area contributed by atoms with E-state index in [0.717, 1.165) is 0 Å². The van der Waals surface area contributed by atoms with E-state index in [4.69, 9.17) is 11.5 Å². The van der Waals surface area contributed by atoms with Gasteiger partial charge in [0.25, 0.3) is 5.70 Å². The van der Waals surface area contributed by atoms with Crippen molar-refractivity contribution >= 4 is 5.87 Å². The van der Waals surface area contributed by atoms with Gasteiger partial charge in [-0.25, -0.2) is 0 Å². The summed E-state index contributed by atoms with van der Waals surface area (Å²) < 4.78 is 12.3. The minimum atomic E-state index is -1.21. The monoisotopic (exact) mass is 181 g/mol. The second kappa shape index (κ2) is 3.69. The summed E-state index contributed by atoms with van der Waals surface area (Å²) in [5.41, 5.74) is -0.206. The maximum atomic E-state index is 10.5. The molecule has 0 heterocycles. The van der Waals surface area contributed by atoms with Gasteiger partial charge in [0.15, 0.2) is 0 Å². The van der Waals surface area contributed by atoms with Crippen molar-refractivity contribution in [1.29, 1.82) is 5.41 Å². The molecule has 0 saturated carbocycles. The largest absolute Gasteiger partial charge is 0.496 e. The normalized spacial score (nSPS) is 22.4. The van der Waals surface area contributed by atoms with E-state index in [1.807, 2.05) is 5.87 Å². The molecular weight excluding hydrogens is 172 g/mol. The summed E-state index contributed by atoms with van der Waals surface area (Å²) in [6.45, 7) is 0. The maximum Gasteiger partial charge on any atom is 0.251 e. The molecule has 0 aromatic carbocycles. The van der Waals surface area contributed by atoms with Gasteiger partial charge in [-0.2, -0.15) is 0 Å². The first-order valence-electron chi connectivity index (χ1n) is 4.02. The Hall–Kier alpha value is -1.87. The van der Waals surface area contributed by atoms with Crippen molar-refractivity contribution < 1.29 is 11.0 Å². The Bertz CT molecular complexity index is 380. The summed E-state index contributed by atoms with van der Waals surface area (Å²) >= 11 is 0. The summed E-state index contributed by atoms with van der Waals surface area (Å²) in [5.74, 6) is 2.25. The summed E-state index contributed by atoms with van der Waals surface area (Å²) in [6.07, 6.45) is 1.36. The van der Waals surface area contributed by atoms with Crippen molar-refractivity contribution in [3.63, 3.8) is 0 Å². The molecule has 0 aromatic rings. The van der Waals surface area contributed by atoms with E-state index in [2.05, 4.69) is 0 Å². The van der Waals surface area contributed by atoms with E-state index < -0.39 is 11.3 Å². The molecular formula is C8H8N2O3. The third kappa shape index (κ3) is 1.83. The fourth-order valence-corrected chi connectivity index (χ4v) is 0.907. The van der Waals surface area contributed by atoms with Gasteiger partial charge in [0.05, 0.1) is 24.0 Å². The van der Waals surface area contributed by atoms with Crippen LogP contribution in [0.4, 0.5) is 0 Å². The minimum absolute atomic E-state index is 0.0710. The van der Waals surface area contributed by atoms with Crippen molar-refractivity contribution in [3.05, 3.63) is 39.3 Å². The number of nitro groups is 1. The van der Waals surface area contributed by atoms with E-state index >= 15 is 0 Å². The second-order valence-corrected chi connectivity index (χ2v) is 2.27. The third-order valence-corrected chi connectivity index (χ3v) is 1.53. The van der Waals surface area contributed by atoms with Gasteiger partial charge in [0, 0.05) is 7.45 Å². The lowest BCUT2D eigenvalue weighted by molar-refractivity contribution is -0.427. The summed E-state index contributed by atoms with van der Waals surface area (Å²) in [7, 11) is 1.38. The smallest absolute Gasteiger partial charge is 0.251 e. The molecule has 1 N–H and O–H groups in total. The van der Waals surface area contributed by atoms with E-state index in [1.54, 1.807) is 0 Å². The summed E-state index contributed by atoms with van der Waals surface area (Å²) in [6, 6.07) is 0. The number of nitrogens with zero attached hydrogens (tertiary/aromatic N) is 1. The molecule has 1 unspecified atom stereocenters. The quantitative estimate of drug-likeness (QED) is 0.395. The Kier molecular flexibility index (Phi) is 2.20. The standard InChI is InChI=1S/C8H8N2O3/c1-13-8-3-2-7(10(11)12)4-6(8)5-9/h2-3,9H,4H2,1H3/i4D.